The number of amides is 1. The minimum atomic E-state index is -0.345. The number of aromatic nitrogens is 2. The first kappa shape index (κ1) is 20.0. The van der Waals surface area contributed by atoms with Crippen molar-refractivity contribution in [1.82, 2.24) is 9.97 Å². The van der Waals surface area contributed by atoms with Crippen LogP contribution in [0.25, 0.3) is 11.4 Å². The topological polar surface area (TPSA) is 58.1 Å². The van der Waals surface area contributed by atoms with Crippen molar-refractivity contribution in [2.45, 2.75) is 26.7 Å². The fourth-order valence-corrected chi connectivity index (χ4v) is 3.65. The monoisotopic (exact) mass is 404 g/mol. The number of anilines is 2. The number of rotatable bonds is 4. The third-order valence-electron chi connectivity index (χ3n) is 5.47. The third-order valence-corrected chi connectivity index (χ3v) is 5.47. The van der Waals surface area contributed by atoms with Crippen LogP contribution in [0.5, 0.6) is 0 Å². The van der Waals surface area contributed by atoms with E-state index < -0.39 is 0 Å². The molecule has 0 spiro atoms. The number of aryl methyl sites for hydroxylation is 1. The lowest BCUT2D eigenvalue weighted by Crippen LogP contribution is -2.35. The van der Waals surface area contributed by atoms with Gasteiger partial charge in [0.1, 0.15) is 17.2 Å². The molecule has 1 N–H and O–H groups in total. The van der Waals surface area contributed by atoms with E-state index in [2.05, 4.69) is 22.1 Å². The summed E-state index contributed by atoms with van der Waals surface area (Å²) >= 11 is 0. The molecule has 6 heteroatoms. The first-order chi connectivity index (χ1) is 14.5. The zero-order valence-electron chi connectivity index (χ0n) is 17.2. The number of hydrogen-bond acceptors (Lipinski definition) is 4. The van der Waals surface area contributed by atoms with E-state index >= 15 is 0 Å². The fraction of sp³-hybridized carbons (Fsp3) is 0.292. The normalized spacial score (nSPS) is 14.6. The SMILES string of the molecule is Cc1cccc(-c2ncc(C(=O)Nc3ccc(F)cc3)c(N3CCC(C)CC3)n2)c1. The van der Waals surface area contributed by atoms with Crippen molar-refractivity contribution in [3.63, 3.8) is 0 Å². The Kier molecular flexibility index (Phi) is 5.74. The molecule has 0 atom stereocenters. The molecule has 0 unspecified atom stereocenters. The Morgan fingerprint density at radius 3 is 2.57 bits per heavy atom. The summed E-state index contributed by atoms with van der Waals surface area (Å²) < 4.78 is 13.2. The minimum absolute atomic E-state index is 0.300. The van der Waals surface area contributed by atoms with Crippen molar-refractivity contribution in [2.75, 3.05) is 23.3 Å². The van der Waals surface area contributed by atoms with Crippen LogP contribution in [0.2, 0.25) is 0 Å². The van der Waals surface area contributed by atoms with Crippen LogP contribution in [-0.4, -0.2) is 29.0 Å². The summed E-state index contributed by atoms with van der Waals surface area (Å²) in [5.41, 5.74) is 3.00. The second-order valence-electron chi connectivity index (χ2n) is 7.93. The largest absolute Gasteiger partial charge is 0.356 e. The second kappa shape index (κ2) is 8.61. The molecule has 0 aliphatic carbocycles. The Labute approximate surface area is 176 Å². The van der Waals surface area contributed by atoms with Gasteiger partial charge in [0.2, 0.25) is 0 Å². The number of benzene rings is 2. The average molecular weight is 404 g/mol. The first-order valence-electron chi connectivity index (χ1n) is 10.3. The van der Waals surface area contributed by atoms with Gasteiger partial charge in [0.05, 0.1) is 0 Å². The Morgan fingerprint density at radius 2 is 1.87 bits per heavy atom. The summed E-state index contributed by atoms with van der Waals surface area (Å²) in [6.45, 7) is 5.98. The maximum atomic E-state index is 13.2. The number of carbonyl (C=O) groups is 1. The maximum absolute atomic E-state index is 13.2. The van der Waals surface area contributed by atoms with E-state index in [0.717, 1.165) is 37.1 Å². The lowest BCUT2D eigenvalue weighted by atomic mass is 9.99. The van der Waals surface area contributed by atoms with E-state index in [1.54, 1.807) is 6.20 Å². The van der Waals surface area contributed by atoms with Gasteiger partial charge in [-0.05, 0) is 56.0 Å². The van der Waals surface area contributed by atoms with Gasteiger partial charge in [0.25, 0.3) is 5.91 Å². The average Bonchev–Trinajstić information content (AvgIpc) is 2.75. The quantitative estimate of drug-likeness (QED) is 0.659. The van der Waals surface area contributed by atoms with Crippen molar-refractivity contribution in [3.8, 4) is 11.4 Å². The van der Waals surface area contributed by atoms with E-state index in [0.29, 0.717) is 28.8 Å². The molecule has 5 nitrogen and oxygen atoms in total. The van der Waals surface area contributed by atoms with E-state index in [4.69, 9.17) is 4.98 Å². The zero-order valence-corrected chi connectivity index (χ0v) is 17.2. The van der Waals surface area contributed by atoms with Gasteiger partial charge in [-0.3, -0.25) is 4.79 Å². The van der Waals surface area contributed by atoms with Gasteiger partial charge in [-0.2, -0.15) is 0 Å². The van der Waals surface area contributed by atoms with Crippen molar-refractivity contribution >= 4 is 17.4 Å². The summed E-state index contributed by atoms with van der Waals surface area (Å²) in [5.74, 6) is 1.27. The highest BCUT2D eigenvalue weighted by Gasteiger charge is 2.24. The Morgan fingerprint density at radius 1 is 1.13 bits per heavy atom. The zero-order chi connectivity index (χ0) is 21.1. The molecule has 4 rings (SSSR count). The van der Waals surface area contributed by atoms with Gasteiger partial charge in [-0.1, -0.05) is 30.7 Å². The molecule has 2 aromatic carbocycles. The van der Waals surface area contributed by atoms with Crippen LogP contribution in [0.4, 0.5) is 15.9 Å². The molecule has 2 heterocycles. The van der Waals surface area contributed by atoms with E-state index in [1.165, 1.54) is 24.3 Å². The summed E-state index contributed by atoms with van der Waals surface area (Å²) in [7, 11) is 0. The Balaban J connectivity index is 1.69. The molecule has 3 aromatic rings. The summed E-state index contributed by atoms with van der Waals surface area (Å²) in [6, 6.07) is 13.7. The molecular formula is C24H25FN4O. The van der Waals surface area contributed by atoms with Crippen molar-refractivity contribution in [2.24, 2.45) is 5.92 Å². The van der Waals surface area contributed by atoms with E-state index in [-0.39, 0.29) is 11.7 Å². The molecule has 1 aliphatic rings. The molecule has 0 bridgehead atoms. The van der Waals surface area contributed by atoms with E-state index in [9.17, 15) is 9.18 Å². The van der Waals surface area contributed by atoms with Crippen molar-refractivity contribution in [3.05, 3.63) is 71.7 Å². The summed E-state index contributed by atoms with van der Waals surface area (Å²) in [6.07, 6.45) is 3.71. The lowest BCUT2D eigenvalue weighted by molar-refractivity contribution is 0.102. The maximum Gasteiger partial charge on any atom is 0.261 e. The predicted molar refractivity (Wildman–Crippen MR) is 117 cm³/mol. The fourth-order valence-electron chi connectivity index (χ4n) is 3.65. The van der Waals surface area contributed by atoms with Crippen LogP contribution < -0.4 is 10.2 Å². The standard InChI is InChI=1S/C24H25FN4O/c1-16-10-12-29(13-11-16)23-21(24(30)27-20-8-6-19(25)7-9-20)15-26-22(28-23)18-5-3-4-17(2)14-18/h3-9,14-16H,10-13H2,1-2H3,(H,27,30). The number of nitrogens with zero attached hydrogens (tertiary/aromatic N) is 3. The molecule has 1 aliphatic heterocycles. The molecule has 154 valence electrons. The van der Waals surface area contributed by atoms with Gasteiger partial charge in [-0.25, -0.2) is 14.4 Å². The molecule has 0 saturated carbocycles. The van der Waals surface area contributed by atoms with Gasteiger partial charge in [0.15, 0.2) is 5.82 Å². The van der Waals surface area contributed by atoms with Gasteiger partial charge in [0, 0.05) is 30.5 Å². The Bertz CT molecular complexity index is 1040. The minimum Gasteiger partial charge on any atom is -0.356 e. The highest BCUT2D eigenvalue weighted by atomic mass is 19.1. The van der Waals surface area contributed by atoms with Crippen LogP contribution in [0, 0.1) is 18.7 Å². The molecule has 1 saturated heterocycles. The predicted octanol–water partition coefficient (Wildman–Crippen LogP) is 5.08. The third kappa shape index (κ3) is 4.48. The number of nitrogens with one attached hydrogen (secondary N) is 1. The van der Waals surface area contributed by atoms with Gasteiger partial charge in [-0.15, -0.1) is 0 Å². The highest BCUT2D eigenvalue weighted by molar-refractivity contribution is 6.07. The van der Waals surface area contributed by atoms with Crippen LogP contribution >= 0.6 is 0 Å². The lowest BCUT2D eigenvalue weighted by Gasteiger charge is -2.32. The Hall–Kier alpha value is -3.28. The number of halogens is 1. The van der Waals surface area contributed by atoms with E-state index in [1.807, 2.05) is 31.2 Å². The highest BCUT2D eigenvalue weighted by Crippen LogP contribution is 2.27. The molecular weight excluding hydrogens is 379 g/mol. The molecule has 30 heavy (non-hydrogen) atoms. The van der Waals surface area contributed by atoms with Gasteiger partial charge < -0.3 is 10.2 Å². The molecule has 1 aromatic heterocycles. The van der Waals surface area contributed by atoms with Crippen LogP contribution in [-0.2, 0) is 0 Å². The smallest absolute Gasteiger partial charge is 0.261 e. The van der Waals surface area contributed by atoms with Crippen molar-refractivity contribution in [1.29, 1.82) is 0 Å². The number of carbonyl (C=O) groups excluding carboxylic acids is 1. The molecule has 1 fully saturated rings. The number of piperidine rings is 1. The summed E-state index contributed by atoms with van der Waals surface area (Å²) in [5, 5.41) is 2.83. The molecule has 0 radical (unpaired) electrons. The van der Waals surface area contributed by atoms with Crippen molar-refractivity contribution < 1.29 is 9.18 Å². The van der Waals surface area contributed by atoms with Crippen LogP contribution in [0.1, 0.15) is 35.7 Å². The summed E-state index contributed by atoms with van der Waals surface area (Å²) in [4.78, 5) is 24.5. The second-order valence-corrected chi connectivity index (χ2v) is 7.93. The first-order valence-corrected chi connectivity index (χ1v) is 10.3. The van der Waals surface area contributed by atoms with Crippen LogP contribution in [0.15, 0.2) is 54.7 Å². The molecule has 1 amide bonds. The van der Waals surface area contributed by atoms with Gasteiger partial charge >= 0.3 is 0 Å². The van der Waals surface area contributed by atoms with Crippen LogP contribution in [0.3, 0.4) is 0 Å². The number of hydrogen-bond donors (Lipinski definition) is 1.